The molecule has 2 atom stereocenters. The summed E-state index contributed by atoms with van der Waals surface area (Å²) in [6, 6.07) is 0. The van der Waals surface area contributed by atoms with E-state index in [2.05, 4.69) is 19.9 Å². The first kappa shape index (κ1) is 14.8. The summed E-state index contributed by atoms with van der Waals surface area (Å²) >= 11 is 0. The Bertz CT molecular complexity index is 366. The Kier molecular flexibility index (Phi) is 5.45. The van der Waals surface area contributed by atoms with Gasteiger partial charge in [-0.1, -0.05) is 19.4 Å². The molecule has 102 valence electrons. The topological polar surface area (TPSA) is 46.5 Å². The zero-order valence-electron chi connectivity index (χ0n) is 11.8. The Morgan fingerprint density at radius 1 is 1.39 bits per heavy atom. The average Bonchev–Trinajstić information content (AvgIpc) is 3.14. The summed E-state index contributed by atoms with van der Waals surface area (Å²) in [7, 11) is 0. The fourth-order valence-electron chi connectivity index (χ4n) is 2.35. The van der Waals surface area contributed by atoms with E-state index in [1.54, 1.807) is 0 Å². The lowest BCUT2D eigenvalue weighted by molar-refractivity contribution is -0.137. The van der Waals surface area contributed by atoms with Gasteiger partial charge in [-0.15, -0.1) is 0 Å². The molecule has 0 aliphatic heterocycles. The van der Waals surface area contributed by atoms with Crippen molar-refractivity contribution in [1.29, 1.82) is 0 Å². The predicted molar refractivity (Wildman–Crippen MR) is 72.2 cm³/mol. The molecule has 2 aliphatic rings. The van der Waals surface area contributed by atoms with Crippen LogP contribution < -0.4 is 0 Å². The summed E-state index contributed by atoms with van der Waals surface area (Å²) in [6.07, 6.45) is 4.13. The molecule has 0 bridgehead atoms. The first-order chi connectivity index (χ1) is 8.59. The summed E-state index contributed by atoms with van der Waals surface area (Å²) in [5, 5.41) is 8.51. The van der Waals surface area contributed by atoms with E-state index in [9.17, 15) is 4.79 Å². The zero-order valence-corrected chi connectivity index (χ0v) is 11.8. The number of hydrogen-bond donors (Lipinski definition) is 1. The zero-order chi connectivity index (χ0) is 13.7. The van der Waals surface area contributed by atoms with Crippen LogP contribution in [0.25, 0.3) is 0 Å². The van der Waals surface area contributed by atoms with Crippen LogP contribution in [0.1, 0.15) is 47.0 Å². The molecule has 1 fully saturated rings. The molecule has 0 radical (unpaired) electrons. The third kappa shape index (κ3) is 3.62. The number of carbonyl (C=O) groups is 1. The lowest BCUT2D eigenvalue weighted by atomic mass is 9.99. The number of hydrogen-bond acceptors (Lipinski definition) is 2. The van der Waals surface area contributed by atoms with Crippen molar-refractivity contribution in [2.75, 3.05) is 6.61 Å². The van der Waals surface area contributed by atoms with E-state index < -0.39 is 5.97 Å². The van der Waals surface area contributed by atoms with Gasteiger partial charge in [0, 0.05) is 6.42 Å². The highest BCUT2D eigenvalue weighted by atomic mass is 16.5. The highest BCUT2D eigenvalue weighted by Crippen LogP contribution is 2.52. The van der Waals surface area contributed by atoms with Gasteiger partial charge < -0.3 is 9.84 Å². The van der Waals surface area contributed by atoms with Crippen LogP contribution in [0.2, 0.25) is 0 Å². The van der Waals surface area contributed by atoms with Crippen LogP contribution in [0, 0.1) is 11.8 Å². The highest BCUT2D eigenvalue weighted by Gasteiger charge is 2.43. The molecule has 1 N–H and O–H groups in total. The Hall–Kier alpha value is -1.25. The number of aliphatic carboxylic acids is 1. The molecule has 0 heterocycles. The fourth-order valence-corrected chi connectivity index (χ4v) is 2.35. The van der Waals surface area contributed by atoms with Crippen LogP contribution in [0.15, 0.2) is 23.0 Å². The second kappa shape index (κ2) is 6.62. The monoisotopic (exact) mass is 252 g/mol. The molecule has 2 rings (SSSR count). The van der Waals surface area contributed by atoms with Crippen molar-refractivity contribution in [2.24, 2.45) is 11.8 Å². The fraction of sp³-hybridized carbons (Fsp3) is 0.667. The summed E-state index contributed by atoms with van der Waals surface area (Å²) in [5.74, 6) is 1.67. The Morgan fingerprint density at radius 2 is 2.06 bits per heavy atom. The van der Waals surface area contributed by atoms with E-state index in [0.29, 0.717) is 18.9 Å². The van der Waals surface area contributed by atoms with Gasteiger partial charge in [0.1, 0.15) is 5.76 Å². The number of carboxylic acid groups (broad SMARTS) is 1. The molecule has 2 unspecified atom stereocenters. The van der Waals surface area contributed by atoms with E-state index in [0.717, 1.165) is 11.7 Å². The number of ether oxygens (including phenoxy) is 1. The predicted octanol–water partition coefficient (Wildman–Crippen LogP) is 3.76. The number of rotatable bonds is 5. The molecule has 18 heavy (non-hydrogen) atoms. The summed E-state index contributed by atoms with van der Waals surface area (Å²) in [6.45, 7) is 8.78. The van der Waals surface area contributed by atoms with Gasteiger partial charge in [0.25, 0.3) is 0 Å². The Labute approximate surface area is 110 Å². The molecule has 0 aromatic heterocycles. The van der Waals surface area contributed by atoms with E-state index in [1.165, 1.54) is 17.6 Å². The third-order valence-electron chi connectivity index (χ3n) is 3.47. The summed E-state index contributed by atoms with van der Waals surface area (Å²) in [5.41, 5.74) is 2.75. The van der Waals surface area contributed by atoms with Crippen LogP contribution in [0.5, 0.6) is 0 Å². The second-order valence-electron chi connectivity index (χ2n) is 4.73. The molecule has 2 aliphatic carbocycles. The van der Waals surface area contributed by atoms with Crippen molar-refractivity contribution in [3.63, 3.8) is 0 Å². The minimum Gasteiger partial charge on any atom is -0.494 e. The quantitative estimate of drug-likeness (QED) is 0.758. The number of allylic oxidation sites excluding steroid dienone is 3. The van der Waals surface area contributed by atoms with E-state index in [-0.39, 0.29) is 6.42 Å². The number of fused-ring (bicyclic) bond motifs is 1. The first-order valence-corrected chi connectivity index (χ1v) is 6.83. The third-order valence-corrected chi connectivity index (χ3v) is 3.47. The normalized spacial score (nSPS) is 24.6. The maximum Gasteiger partial charge on any atom is 0.303 e. The minimum absolute atomic E-state index is 0.182. The van der Waals surface area contributed by atoms with Gasteiger partial charge in [0.2, 0.25) is 0 Å². The summed E-state index contributed by atoms with van der Waals surface area (Å²) in [4.78, 5) is 10.3. The van der Waals surface area contributed by atoms with E-state index in [1.807, 2.05) is 13.8 Å². The molecule has 3 heteroatoms. The average molecular weight is 252 g/mol. The molecule has 0 spiro atoms. The van der Waals surface area contributed by atoms with Crippen molar-refractivity contribution in [3.8, 4) is 0 Å². The van der Waals surface area contributed by atoms with Gasteiger partial charge in [0.15, 0.2) is 0 Å². The van der Waals surface area contributed by atoms with Gasteiger partial charge >= 0.3 is 5.97 Å². The lowest BCUT2D eigenvalue weighted by Crippen LogP contribution is -2.05. The highest BCUT2D eigenvalue weighted by molar-refractivity contribution is 5.66. The van der Waals surface area contributed by atoms with Gasteiger partial charge in [-0.25, -0.2) is 0 Å². The van der Waals surface area contributed by atoms with Crippen molar-refractivity contribution in [2.45, 2.75) is 47.0 Å². The van der Waals surface area contributed by atoms with Crippen LogP contribution in [-0.2, 0) is 9.53 Å². The molecular weight excluding hydrogens is 228 g/mol. The Balaban J connectivity index is 0.000000771. The standard InChI is InChI=1S/C13H18O3.C2H6/c1-8-6-12(9(2)11-7-10(8)11)16-5-3-4-13(14)15;1-2/h6,10-11H,3-5,7H2,1-2H3,(H,14,15);1-2H3. The van der Waals surface area contributed by atoms with Gasteiger partial charge in [-0.3, -0.25) is 4.79 Å². The molecule has 0 aromatic rings. The van der Waals surface area contributed by atoms with Crippen LogP contribution in [-0.4, -0.2) is 17.7 Å². The maximum absolute atomic E-state index is 10.3. The van der Waals surface area contributed by atoms with Crippen LogP contribution in [0.4, 0.5) is 0 Å². The van der Waals surface area contributed by atoms with Gasteiger partial charge in [0.05, 0.1) is 6.61 Å². The Morgan fingerprint density at radius 3 is 2.67 bits per heavy atom. The van der Waals surface area contributed by atoms with Crippen molar-refractivity contribution >= 4 is 5.97 Å². The minimum atomic E-state index is -0.757. The smallest absolute Gasteiger partial charge is 0.303 e. The lowest BCUT2D eigenvalue weighted by Gasteiger charge is -2.16. The molecule has 1 saturated carbocycles. The molecule has 0 saturated heterocycles. The van der Waals surface area contributed by atoms with Crippen LogP contribution >= 0.6 is 0 Å². The molecular formula is C15H24O3. The van der Waals surface area contributed by atoms with Crippen molar-refractivity contribution in [3.05, 3.63) is 23.0 Å². The molecule has 0 amide bonds. The van der Waals surface area contributed by atoms with E-state index in [4.69, 9.17) is 9.84 Å². The largest absolute Gasteiger partial charge is 0.494 e. The van der Waals surface area contributed by atoms with E-state index >= 15 is 0 Å². The SMILES string of the molecule is CC.CC1=CC(OCCCC(=O)O)=C(C)C2CC12. The maximum atomic E-state index is 10.3. The van der Waals surface area contributed by atoms with Crippen LogP contribution in [0.3, 0.4) is 0 Å². The van der Waals surface area contributed by atoms with Crippen molar-refractivity contribution in [1.82, 2.24) is 0 Å². The number of carboxylic acids is 1. The van der Waals surface area contributed by atoms with Crippen molar-refractivity contribution < 1.29 is 14.6 Å². The van der Waals surface area contributed by atoms with Gasteiger partial charge in [-0.05, 0) is 50.2 Å². The second-order valence-corrected chi connectivity index (χ2v) is 4.73. The summed E-state index contributed by atoms with van der Waals surface area (Å²) < 4.78 is 5.65. The first-order valence-electron chi connectivity index (χ1n) is 6.83. The van der Waals surface area contributed by atoms with Gasteiger partial charge in [-0.2, -0.15) is 0 Å². The molecule has 0 aromatic carbocycles. The molecule has 3 nitrogen and oxygen atoms in total.